The Morgan fingerprint density at radius 2 is 1.62 bits per heavy atom. The van der Waals surface area contributed by atoms with E-state index in [0.717, 1.165) is 41.8 Å². The highest BCUT2D eigenvalue weighted by molar-refractivity contribution is 7.92. The molecule has 1 heterocycles. The van der Waals surface area contributed by atoms with E-state index in [1.807, 2.05) is 49.4 Å². The molecule has 172 valence electrons. The van der Waals surface area contributed by atoms with Crippen LogP contribution in [0.3, 0.4) is 0 Å². The maximum atomic E-state index is 13.0. The van der Waals surface area contributed by atoms with Crippen LogP contribution in [-0.2, 0) is 24.3 Å². The number of aliphatic carboxylic acids is 1. The van der Waals surface area contributed by atoms with Crippen LogP contribution in [0.15, 0.2) is 54.6 Å². The van der Waals surface area contributed by atoms with Gasteiger partial charge < -0.3 is 9.84 Å². The Balaban J connectivity index is 1.94. The molecule has 0 bridgehead atoms. The minimum Gasteiger partial charge on any atom is -0.480 e. The Morgan fingerprint density at radius 1 is 1.00 bits per heavy atom. The molecule has 1 N–H and O–H groups in total. The Bertz CT molecular complexity index is 1040. The summed E-state index contributed by atoms with van der Waals surface area (Å²) in [4.78, 5) is 24.4. The molecule has 0 aliphatic carbocycles. The molecule has 0 spiro atoms. The Kier molecular flexibility index (Phi) is 7.69. The molecule has 2 aromatic rings. The maximum Gasteiger partial charge on any atom is 0.327 e. The highest BCUT2D eigenvalue weighted by Gasteiger charge is 2.62. The standard InChI is InChI=1S/C24H29NO6S/c1-3-4-5-9-12-20(23(26)27)25-21(22(24(28)31-2)32(25,29)30)19-15-13-18(14-16-19)17-10-7-6-8-11-17/h6-8,10-11,13-16,20-22H,3-5,9,12H2,1-2H3,(H,26,27)/t20?,21-,22+/m0/s1. The van der Waals surface area contributed by atoms with E-state index in [0.29, 0.717) is 12.0 Å². The van der Waals surface area contributed by atoms with Crippen molar-refractivity contribution in [2.75, 3.05) is 7.11 Å². The van der Waals surface area contributed by atoms with Crippen molar-refractivity contribution in [3.8, 4) is 11.1 Å². The second kappa shape index (κ2) is 10.3. The molecule has 32 heavy (non-hydrogen) atoms. The first kappa shape index (κ1) is 23.9. The number of rotatable bonds is 10. The predicted octanol–water partition coefficient (Wildman–Crippen LogP) is 4.01. The molecule has 0 saturated carbocycles. The lowest BCUT2D eigenvalue weighted by Gasteiger charge is -2.47. The van der Waals surface area contributed by atoms with Gasteiger partial charge in [0.1, 0.15) is 6.04 Å². The number of carboxylic acids is 1. The zero-order valence-corrected chi connectivity index (χ0v) is 19.1. The zero-order chi connectivity index (χ0) is 23.3. The largest absolute Gasteiger partial charge is 0.480 e. The number of carbonyl (C=O) groups excluding carboxylic acids is 1. The summed E-state index contributed by atoms with van der Waals surface area (Å²) in [6.45, 7) is 2.05. The summed E-state index contributed by atoms with van der Waals surface area (Å²) in [6.07, 6.45) is 3.56. The predicted molar refractivity (Wildman–Crippen MR) is 121 cm³/mol. The molecule has 1 aliphatic heterocycles. The van der Waals surface area contributed by atoms with E-state index in [2.05, 4.69) is 0 Å². The normalized spacial score (nSPS) is 20.8. The van der Waals surface area contributed by atoms with Gasteiger partial charge in [0.05, 0.1) is 13.2 Å². The number of hydrogen-bond acceptors (Lipinski definition) is 5. The number of carboxylic acid groups (broad SMARTS) is 1. The van der Waals surface area contributed by atoms with Crippen molar-refractivity contribution >= 4 is 22.0 Å². The molecule has 7 nitrogen and oxygen atoms in total. The van der Waals surface area contributed by atoms with Gasteiger partial charge in [0, 0.05) is 0 Å². The first-order chi connectivity index (χ1) is 15.3. The Hall–Kier alpha value is -2.71. The molecule has 0 amide bonds. The van der Waals surface area contributed by atoms with Gasteiger partial charge in [-0.25, -0.2) is 8.42 Å². The molecule has 0 radical (unpaired) electrons. The molecule has 3 rings (SSSR count). The molecular weight excluding hydrogens is 430 g/mol. The lowest BCUT2D eigenvalue weighted by atomic mass is 9.96. The SMILES string of the molecule is CCCCCCC(C(=O)O)N1[C@@H](c2ccc(-c3ccccc3)cc2)[C@H](C(=O)OC)S1(=O)=O. The van der Waals surface area contributed by atoms with Crippen LogP contribution in [0.1, 0.15) is 50.6 Å². The number of ether oxygens (including phenoxy) is 1. The van der Waals surface area contributed by atoms with E-state index in [1.54, 1.807) is 12.1 Å². The van der Waals surface area contributed by atoms with Gasteiger partial charge >= 0.3 is 11.9 Å². The summed E-state index contributed by atoms with van der Waals surface area (Å²) in [6, 6.07) is 14.7. The van der Waals surface area contributed by atoms with Gasteiger partial charge in [-0.2, -0.15) is 4.31 Å². The molecule has 2 aromatic carbocycles. The molecule has 1 saturated heterocycles. The van der Waals surface area contributed by atoms with Crippen molar-refractivity contribution in [1.82, 2.24) is 4.31 Å². The monoisotopic (exact) mass is 459 g/mol. The van der Waals surface area contributed by atoms with Crippen molar-refractivity contribution in [3.63, 3.8) is 0 Å². The van der Waals surface area contributed by atoms with E-state index in [-0.39, 0.29) is 6.42 Å². The van der Waals surface area contributed by atoms with Gasteiger partial charge in [0.2, 0.25) is 10.0 Å². The average molecular weight is 460 g/mol. The fourth-order valence-electron chi connectivity index (χ4n) is 4.21. The third-order valence-electron chi connectivity index (χ3n) is 5.89. The molecule has 0 aromatic heterocycles. The minimum atomic E-state index is -4.14. The van der Waals surface area contributed by atoms with Crippen LogP contribution in [0.25, 0.3) is 11.1 Å². The van der Waals surface area contributed by atoms with Crippen LogP contribution in [0.2, 0.25) is 0 Å². The van der Waals surface area contributed by atoms with Crippen molar-refractivity contribution < 1.29 is 27.9 Å². The molecule has 3 atom stereocenters. The second-order valence-electron chi connectivity index (χ2n) is 7.95. The third-order valence-corrected chi connectivity index (χ3v) is 8.05. The van der Waals surface area contributed by atoms with Crippen molar-refractivity contribution in [2.24, 2.45) is 0 Å². The van der Waals surface area contributed by atoms with Crippen LogP contribution >= 0.6 is 0 Å². The van der Waals surface area contributed by atoms with Gasteiger partial charge in [0.15, 0.2) is 5.25 Å². The number of esters is 1. The van der Waals surface area contributed by atoms with E-state index in [4.69, 9.17) is 4.74 Å². The van der Waals surface area contributed by atoms with Crippen molar-refractivity contribution in [3.05, 3.63) is 60.2 Å². The van der Waals surface area contributed by atoms with Gasteiger partial charge in [-0.3, -0.25) is 9.59 Å². The average Bonchev–Trinajstić information content (AvgIpc) is 2.79. The highest BCUT2D eigenvalue weighted by atomic mass is 32.2. The number of nitrogens with zero attached hydrogens (tertiary/aromatic N) is 1. The number of hydrogen-bond donors (Lipinski definition) is 1. The van der Waals surface area contributed by atoms with Crippen LogP contribution in [0, 0.1) is 0 Å². The molecule has 8 heteroatoms. The number of carbonyl (C=O) groups is 2. The van der Waals surface area contributed by atoms with Crippen LogP contribution in [0.4, 0.5) is 0 Å². The van der Waals surface area contributed by atoms with E-state index in [1.165, 1.54) is 0 Å². The van der Waals surface area contributed by atoms with Crippen LogP contribution in [-0.4, -0.2) is 48.2 Å². The van der Waals surface area contributed by atoms with Gasteiger partial charge in [-0.15, -0.1) is 0 Å². The lowest BCUT2D eigenvalue weighted by molar-refractivity contribution is -0.147. The molecular formula is C24H29NO6S. The number of methoxy groups -OCH3 is 1. The zero-order valence-electron chi connectivity index (χ0n) is 18.3. The minimum absolute atomic E-state index is 0.195. The van der Waals surface area contributed by atoms with Crippen LogP contribution in [0.5, 0.6) is 0 Å². The van der Waals surface area contributed by atoms with E-state index < -0.39 is 39.3 Å². The topological polar surface area (TPSA) is 101 Å². The smallest absolute Gasteiger partial charge is 0.327 e. The number of unbranched alkanes of at least 4 members (excludes halogenated alkanes) is 3. The number of benzene rings is 2. The summed E-state index contributed by atoms with van der Waals surface area (Å²) in [5.41, 5.74) is 2.50. The number of sulfonamides is 1. The second-order valence-corrected chi connectivity index (χ2v) is 9.91. The summed E-state index contributed by atoms with van der Waals surface area (Å²) in [5.74, 6) is -2.09. The Labute approximate surface area is 189 Å². The molecule has 1 aliphatic rings. The lowest BCUT2D eigenvalue weighted by Crippen LogP contribution is -2.66. The van der Waals surface area contributed by atoms with Crippen molar-refractivity contribution in [1.29, 1.82) is 0 Å². The quantitative estimate of drug-likeness (QED) is 0.426. The van der Waals surface area contributed by atoms with Crippen molar-refractivity contribution in [2.45, 2.75) is 56.4 Å². The van der Waals surface area contributed by atoms with Gasteiger partial charge in [-0.1, -0.05) is 87.2 Å². The highest BCUT2D eigenvalue weighted by Crippen LogP contribution is 2.45. The molecule has 1 fully saturated rings. The van der Waals surface area contributed by atoms with E-state index in [9.17, 15) is 23.1 Å². The maximum absolute atomic E-state index is 13.0. The summed E-state index contributed by atoms with van der Waals surface area (Å²) in [7, 11) is -3.01. The summed E-state index contributed by atoms with van der Waals surface area (Å²) >= 11 is 0. The van der Waals surface area contributed by atoms with Gasteiger partial charge in [-0.05, 0) is 23.1 Å². The van der Waals surface area contributed by atoms with Gasteiger partial charge in [0.25, 0.3) is 0 Å². The first-order valence-corrected chi connectivity index (χ1v) is 12.3. The Morgan fingerprint density at radius 3 is 2.19 bits per heavy atom. The van der Waals surface area contributed by atoms with E-state index >= 15 is 0 Å². The third kappa shape index (κ3) is 4.71. The fraction of sp³-hybridized carbons (Fsp3) is 0.417. The first-order valence-electron chi connectivity index (χ1n) is 10.8. The fourth-order valence-corrected chi connectivity index (χ4v) is 6.34. The molecule has 1 unspecified atom stereocenters. The summed E-state index contributed by atoms with van der Waals surface area (Å²) < 4.78 is 31.8. The summed E-state index contributed by atoms with van der Waals surface area (Å²) in [5, 5.41) is 8.36. The van der Waals surface area contributed by atoms with Crippen LogP contribution < -0.4 is 0 Å².